The highest BCUT2D eigenvalue weighted by Crippen LogP contribution is 2.66. The molecule has 1 amide bonds. The number of amides is 1. The fourth-order valence-corrected chi connectivity index (χ4v) is 6.07. The van der Waals surface area contributed by atoms with Crippen LogP contribution in [0.5, 0.6) is 0 Å². The molecule has 2 saturated carbocycles. The number of hydrogen-bond acceptors (Lipinski definition) is 4. The summed E-state index contributed by atoms with van der Waals surface area (Å²) in [6.45, 7) is 4.46. The van der Waals surface area contributed by atoms with Gasteiger partial charge in [0.1, 0.15) is 10.9 Å². The van der Waals surface area contributed by atoms with E-state index in [1.54, 1.807) is 4.90 Å². The SMILES string of the molecule is CC1(C)[C@@H]2CC[C@@]13[C@@H](C2)OC(=S)N3C(=O)[C@H](Br)[C@@H](O)CCCBr. The Labute approximate surface area is 159 Å². The Balaban J connectivity index is 1.86. The molecule has 0 aromatic carbocycles. The molecule has 3 aliphatic rings. The molecule has 3 fully saturated rings. The molecule has 0 aromatic heterocycles. The third kappa shape index (κ3) is 2.44. The van der Waals surface area contributed by atoms with Crippen LogP contribution in [0.1, 0.15) is 46.0 Å². The van der Waals surface area contributed by atoms with Gasteiger partial charge in [0, 0.05) is 5.33 Å². The van der Waals surface area contributed by atoms with E-state index in [0.717, 1.165) is 31.0 Å². The van der Waals surface area contributed by atoms with Crippen molar-refractivity contribution in [1.29, 1.82) is 0 Å². The summed E-state index contributed by atoms with van der Waals surface area (Å²) >= 11 is 12.2. The molecule has 3 rings (SSSR count). The zero-order valence-electron chi connectivity index (χ0n) is 13.4. The molecule has 2 bridgehead atoms. The van der Waals surface area contributed by atoms with Crippen LogP contribution in [-0.2, 0) is 9.53 Å². The number of nitrogens with zero attached hydrogens (tertiary/aromatic N) is 1. The van der Waals surface area contributed by atoms with Gasteiger partial charge in [0.2, 0.25) is 5.91 Å². The molecule has 130 valence electrons. The Kier molecular flexibility index (Phi) is 4.89. The number of halogens is 2. The van der Waals surface area contributed by atoms with Crippen molar-refractivity contribution in [2.24, 2.45) is 11.3 Å². The molecule has 1 aliphatic heterocycles. The summed E-state index contributed by atoms with van der Waals surface area (Å²) in [5.41, 5.74) is -0.353. The van der Waals surface area contributed by atoms with Crippen molar-refractivity contribution in [2.75, 3.05) is 5.33 Å². The first-order valence-electron chi connectivity index (χ1n) is 8.20. The van der Waals surface area contributed by atoms with Crippen LogP contribution < -0.4 is 0 Å². The third-order valence-electron chi connectivity index (χ3n) is 6.29. The smallest absolute Gasteiger partial charge is 0.267 e. The Morgan fingerprint density at radius 3 is 2.87 bits per heavy atom. The highest BCUT2D eigenvalue weighted by atomic mass is 79.9. The first-order chi connectivity index (χ1) is 10.8. The fraction of sp³-hybridized carbons (Fsp3) is 0.875. The van der Waals surface area contributed by atoms with Gasteiger partial charge in [-0.15, -0.1) is 0 Å². The molecule has 1 saturated heterocycles. The van der Waals surface area contributed by atoms with Gasteiger partial charge in [-0.2, -0.15) is 0 Å². The standard InChI is InChI=1S/C16H23Br2NO3S/c1-15(2)9-5-6-16(15)11(8-9)22-14(23)19(16)13(21)12(18)10(20)4-3-7-17/h9-12,20H,3-8H2,1-2H3/t9-,10+,11-,12-,16-/m1/s1. The number of rotatable bonds is 5. The van der Waals surface area contributed by atoms with E-state index in [9.17, 15) is 9.90 Å². The molecular formula is C16H23Br2NO3S. The van der Waals surface area contributed by atoms with Gasteiger partial charge in [-0.25, -0.2) is 0 Å². The first kappa shape index (κ1) is 18.1. The molecule has 1 N–H and O–H groups in total. The van der Waals surface area contributed by atoms with Gasteiger partial charge in [0.25, 0.3) is 5.17 Å². The summed E-state index contributed by atoms with van der Waals surface area (Å²) in [6.07, 6.45) is 3.68. The van der Waals surface area contributed by atoms with Crippen LogP contribution in [0.3, 0.4) is 0 Å². The number of carbonyl (C=O) groups is 1. The summed E-state index contributed by atoms with van der Waals surface area (Å²) in [4.78, 5) is 14.2. The lowest BCUT2D eigenvalue weighted by Gasteiger charge is -2.43. The van der Waals surface area contributed by atoms with Crippen LogP contribution in [0, 0.1) is 11.3 Å². The number of hydrogen-bond donors (Lipinski definition) is 1. The second kappa shape index (κ2) is 6.22. The average Bonchev–Trinajstić information content (AvgIpc) is 3.02. The predicted octanol–water partition coefficient (Wildman–Crippen LogP) is 3.38. The van der Waals surface area contributed by atoms with Crippen LogP contribution in [0.4, 0.5) is 0 Å². The number of carbonyl (C=O) groups excluding carboxylic acids is 1. The molecule has 0 radical (unpaired) electrons. The van der Waals surface area contributed by atoms with Crippen molar-refractivity contribution in [3.63, 3.8) is 0 Å². The highest BCUT2D eigenvalue weighted by Gasteiger charge is 2.73. The van der Waals surface area contributed by atoms with Gasteiger partial charge in [0.15, 0.2) is 0 Å². The Morgan fingerprint density at radius 1 is 1.57 bits per heavy atom. The fourth-order valence-electron chi connectivity index (χ4n) is 4.91. The van der Waals surface area contributed by atoms with E-state index in [2.05, 4.69) is 45.7 Å². The van der Waals surface area contributed by atoms with Crippen LogP contribution in [0.15, 0.2) is 0 Å². The zero-order valence-corrected chi connectivity index (χ0v) is 17.4. The predicted molar refractivity (Wildman–Crippen MR) is 99.9 cm³/mol. The van der Waals surface area contributed by atoms with Gasteiger partial charge in [-0.3, -0.25) is 9.69 Å². The quantitative estimate of drug-likeness (QED) is 0.496. The lowest BCUT2D eigenvalue weighted by atomic mass is 9.74. The second-order valence-electron chi connectivity index (χ2n) is 7.46. The Bertz CT molecular complexity index is 529. The van der Waals surface area contributed by atoms with E-state index < -0.39 is 10.9 Å². The molecule has 1 spiro atoms. The van der Waals surface area contributed by atoms with Crippen LogP contribution in [0.2, 0.25) is 0 Å². The number of alkyl halides is 2. The topological polar surface area (TPSA) is 49.8 Å². The highest BCUT2D eigenvalue weighted by molar-refractivity contribution is 9.10. The minimum absolute atomic E-state index is 0.00656. The van der Waals surface area contributed by atoms with Crippen molar-refractivity contribution >= 4 is 55.2 Å². The van der Waals surface area contributed by atoms with Gasteiger partial charge >= 0.3 is 0 Å². The van der Waals surface area contributed by atoms with Crippen LogP contribution in [-0.4, -0.2) is 49.0 Å². The van der Waals surface area contributed by atoms with E-state index in [-0.39, 0.29) is 28.1 Å². The minimum atomic E-state index is -0.722. The maximum atomic E-state index is 13.1. The molecular weight excluding hydrogens is 446 g/mol. The monoisotopic (exact) mass is 467 g/mol. The molecule has 0 unspecified atom stereocenters. The number of fused-ring (bicyclic) bond motifs is 1. The number of aliphatic hydroxyl groups is 1. The van der Waals surface area contributed by atoms with E-state index in [0.29, 0.717) is 12.3 Å². The third-order valence-corrected chi connectivity index (χ3v) is 8.14. The summed E-state index contributed by atoms with van der Waals surface area (Å²) in [6, 6.07) is 0. The van der Waals surface area contributed by atoms with E-state index in [4.69, 9.17) is 17.0 Å². The van der Waals surface area contributed by atoms with Gasteiger partial charge in [-0.05, 0) is 55.7 Å². The average molecular weight is 469 g/mol. The summed E-state index contributed by atoms with van der Waals surface area (Å²) in [7, 11) is 0. The molecule has 1 heterocycles. The molecule has 23 heavy (non-hydrogen) atoms. The van der Waals surface area contributed by atoms with Crippen molar-refractivity contribution in [3.8, 4) is 0 Å². The van der Waals surface area contributed by atoms with Gasteiger partial charge in [0.05, 0.1) is 11.6 Å². The van der Waals surface area contributed by atoms with Crippen molar-refractivity contribution in [3.05, 3.63) is 0 Å². The zero-order chi connectivity index (χ0) is 17.0. The lowest BCUT2D eigenvalue weighted by molar-refractivity contribution is -0.134. The molecule has 5 atom stereocenters. The summed E-state index contributed by atoms with van der Waals surface area (Å²) < 4.78 is 5.92. The van der Waals surface area contributed by atoms with Crippen molar-refractivity contribution in [2.45, 2.75) is 68.5 Å². The maximum Gasteiger partial charge on any atom is 0.267 e. The van der Waals surface area contributed by atoms with Crippen molar-refractivity contribution in [1.82, 2.24) is 4.90 Å². The number of aliphatic hydroxyl groups excluding tert-OH is 1. The lowest BCUT2D eigenvalue weighted by Crippen LogP contribution is -2.59. The minimum Gasteiger partial charge on any atom is -0.465 e. The van der Waals surface area contributed by atoms with Gasteiger partial charge in [-0.1, -0.05) is 45.7 Å². The number of thiocarbonyl (C=S) groups is 1. The molecule has 2 aliphatic carbocycles. The largest absolute Gasteiger partial charge is 0.465 e. The second-order valence-corrected chi connectivity index (χ2v) is 9.59. The Morgan fingerprint density at radius 2 is 2.26 bits per heavy atom. The first-order valence-corrected chi connectivity index (χ1v) is 10.6. The van der Waals surface area contributed by atoms with Gasteiger partial charge < -0.3 is 9.84 Å². The molecule has 0 aromatic rings. The van der Waals surface area contributed by atoms with Crippen LogP contribution in [0.25, 0.3) is 0 Å². The van der Waals surface area contributed by atoms with E-state index in [1.807, 2.05) is 0 Å². The van der Waals surface area contributed by atoms with E-state index in [1.165, 1.54) is 0 Å². The normalized spacial score (nSPS) is 36.7. The van der Waals surface area contributed by atoms with Crippen LogP contribution >= 0.6 is 44.1 Å². The van der Waals surface area contributed by atoms with E-state index >= 15 is 0 Å². The molecule has 7 heteroatoms. The summed E-state index contributed by atoms with van der Waals surface area (Å²) in [5.74, 6) is 0.410. The van der Waals surface area contributed by atoms with Crippen molar-refractivity contribution < 1.29 is 14.6 Å². The Hall–Kier alpha value is 0.280. The maximum absolute atomic E-state index is 13.1. The summed E-state index contributed by atoms with van der Waals surface area (Å²) in [5, 5.41) is 11.4. The molecule has 4 nitrogen and oxygen atoms in total. The number of ether oxygens (including phenoxy) is 1.